The number of hydrogen-bond donors (Lipinski definition) is 3. The number of hydrogen-bond acceptors (Lipinski definition) is 4. The van der Waals surface area contributed by atoms with Crippen LogP contribution >= 0.6 is 0 Å². The molecule has 2 aliphatic heterocycles. The molecule has 122 valence electrons. The van der Waals surface area contributed by atoms with Crippen molar-refractivity contribution < 1.29 is 14.6 Å². The van der Waals surface area contributed by atoms with Gasteiger partial charge in [-0.2, -0.15) is 0 Å². The second-order valence-electron chi connectivity index (χ2n) is 6.50. The highest BCUT2D eigenvalue weighted by atomic mass is 16.5. The Kier molecular flexibility index (Phi) is 3.06. The van der Waals surface area contributed by atoms with E-state index in [1.165, 1.54) is 0 Å². The molecule has 0 saturated carbocycles. The van der Waals surface area contributed by atoms with Crippen molar-refractivity contribution in [2.45, 2.75) is 37.0 Å². The standard InChI is InChI=1S/C17H21N3O3/c1-22-12-3-2-10-9-20(16(18)19)7-6-17-5-4-11(21)8-13(17)23-15(12)14(10)17/h2-5,11,13,21H,6-9H2,1H3,(H3,18,19)/t11-,13?,17?/m0/s1. The highest BCUT2D eigenvalue weighted by Gasteiger charge is 2.52. The second kappa shape index (κ2) is 4.89. The molecule has 0 bridgehead atoms. The molecule has 6 heteroatoms. The minimum Gasteiger partial charge on any atom is -0.493 e. The van der Waals surface area contributed by atoms with E-state index >= 15 is 0 Å². The molecule has 1 aromatic rings. The molecule has 4 rings (SSSR count). The van der Waals surface area contributed by atoms with Gasteiger partial charge in [-0.15, -0.1) is 0 Å². The van der Waals surface area contributed by atoms with Crippen molar-refractivity contribution in [3.63, 3.8) is 0 Å². The molecular weight excluding hydrogens is 294 g/mol. The zero-order chi connectivity index (χ0) is 16.2. The molecule has 0 amide bonds. The summed E-state index contributed by atoms with van der Waals surface area (Å²) in [6.45, 7) is 1.28. The third-order valence-electron chi connectivity index (χ3n) is 5.30. The minimum absolute atomic E-state index is 0.0863. The first-order valence-electron chi connectivity index (χ1n) is 7.88. The van der Waals surface area contributed by atoms with Crippen LogP contribution in [0.25, 0.3) is 0 Å². The summed E-state index contributed by atoms with van der Waals surface area (Å²) in [6.07, 6.45) is 4.72. The van der Waals surface area contributed by atoms with E-state index in [9.17, 15) is 5.11 Å². The predicted octanol–water partition coefficient (Wildman–Crippen LogP) is 1.11. The van der Waals surface area contributed by atoms with E-state index in [0.29, 0.717) is 19.5 Å². The first kappa shape index (κ1) is 14.4. The van der Waals surface area contributed by atoms with Gasteiger partial charge in [-0.05, 0) is 18.1 Å². The van der Waals surface area contributed by atoms with Crippen LogP contribution in [0.1, 0.15) is 24.0 Å². The van der Waals surface area contributed by atoms with Gasteiger partial charge in [0.05, 0.1) is 18.6 Å². The SMILES string of the molecule is COc1ccc2c3c1OC1C[C@@H](O)C=CC31CCN(C(=N)N)C2. The molecule has 2 unspecified atom stereocenters. The first-order valence-corrected chi connectivity index (χ1v) is 7.88. The van der Waals surface area contributed by atoms with Crippen LogP contribution in [0.2, 0.25) is 0 Å². The number of guanidine groups is 1. The van der Waals surface area contributed by atoms with E-state index in [2.05, 4.69) is 6.08 Å². The molecule has 0 radical (unpaired) electrons. The summed E-state index contributed by atoms with van der Waals surface area (Å²) in [7, 11) is 1.64. The minimum atomic E-state index is -0.485. The van der Waals surface area contributed by atoms with Gasteiger partial charge in [-0.25, -0.2) is 0 Å². The molecule has 3 atom stereocenters. The number of nitrogens with zero attached hydrogens (tertiary/aromatic N) is 1. The summed E-state index contributed by atoms with van der Waals surface area (Å²) in [6, 6.07) is 3.94. The molecule has 0 saturated heterocycles. The molecule has 2 heterocycles. The number of aliphatic hydroxyl groups excluding tert-OH is 1. The fourth-order valence-electron chi connectivity index (χ4n) is 4.14. The molecule has 6 nitrogen and oxygen atoms in total. The van der Waals surface area contributed by atoms with E-state index in [0.717, 1.165) is 29.0 Å². The predicted molar refractivity (Wildman–Crippen MR) is 85.8 cm³/mol. The Morgan fingerprint density at radius 2 is 2.35 bits per heavy atom. The zero-order valence-corrected chi connectivity index (χ0v) is 13.1. The van der Waals surface area contributed by atoms with Gasteiger partial charge in [-0.3, -0.25) is 5.41 Å². The topological polar surface area (TPSA) is 91.8 Å². The van der Waals surface area contributed by atoms with Gasteiger partial charge in [0.25, 0.3) is 0 Å². The number of methoxy groups -OCH3 is 1. The Labute approximate surface area is 135 Å². The molecule has 0 fully saturated rings. The van der Waals surface area contributed by atoms with E-state index < -0.39 is 6.10 Å². The quantitative estimate of drug-likeness (QED) is 0.410. The fraction of sp³-hybridized carbons (Fsp3) is 0.471. The van der Waals surface area contributed by atoms with Gasteiger partial charge in [0.2, 0.25) is 0 Å². The summed E-state index contributed by atoms with van der Waals surface area (Å²) in [5.41, 5.74) is 7.70. The van der Waals surface area contributed by atoms with Gasteiger partial charge in [0, 0.05) is 25.1 Å². The van der Waals surface area contributed by atoms with E-state index in [-0.39, 0.29) is 17.5 Å². The van der Waals surface area contributed by atoms with Gasteiger partial charge >= 0.3 is 0 Å². The van der Waals surface area contributed by atoms with Gasteiger partial charge in [-0.1, -0.05) is 18.2 Å². The highest BCUT2D eigenvalue weighted by Crippen LogP contribution is 2.55. The van der Waals surface area contributed by atoms with Crippen molar-refractivity contribution in [3.05, 3.63) is 35.4 Å². The third kappa shape index (κ3) is 1.94. The smallest absolute Gasteiger partial charge is 0.188 e. The maximum Gasteiger partial charge on any atom is 0.188 e. The number of rotatable bonds is 1. The Morgan fingerprint density at radius 3 is 3.09 bits per heavy atom. The maximum absolute atomic E-state index is 10.0. The largest absolute Gasteiger partial charge is 0.493 e. The molecule has 1 aliphatic carbocycles. The molecule has 4 N–H and O–H groups in total. The van der Waals surface area contributed by atoms with E-state index in [1.54, 1.807) is 7.11 Å². The lowest BCUT2D eigenvalue weighted by Gasteiger charge is -2.35. The Hall–Kier alpha value is -2.21. The second-order valence-corrected chi connectivity index (χ2v) is 6.50. The van der Waals surface area contributed by atoms with Gasteiger partial charge < -0.3 is 25.2 Å². The van der Waals surface area contributed by atoms with E-state index in [1.807, 2.05) is 23.1 Å². The Balaban J connectivity index is 1.92. The van der Waals surface area contributed by atoms with Crippen LogP contribution in [-0.2, 0) is 12.0 Å². The van der Waals surface area contributed by atoms with Crippen LogP contribution in [-0.4, -0.2) is 41.8 Å². The van der Waals surface area contributed by atoms with Gasteiger partial charge in [0.1, 0.15) is 6.10 Å². The number of ether oxygens (including phenoxy) is 2. The average molecular weight is 315 g/mol. The molecule has 1 aromatic carbocycles. The molecular formula is C17H21N3O3. The van der Waals surface area contributed by atoms with Crippen molar-refractivity contribution in [1.82, 2.24) is 4.90 Å². The van der Waals surface area contributed by atoms with Crippen LogP contribution in [0, 0.1) is 5.41 Å². The Morgan fingerprint density at radius 1 is 1.52 bits per heavy atom. The van der Waals surface area contributed by atoms with Crippen LogP contribution < -0.4 is 15.2 Å². The van der Waals surface area contributed by atoms with E-state index in [4.69, 9.17) is 20.6 Å². The number of aliphatic hydroxyl groups is 1. The maximum atomic E-state index is 10.0. The number of nitrogens with one attached hydrogen (secondary N) is 1. The van der Waals surface area contributed by atoms with Crippen LogP contribution in [0.15, 0.2) is 24.3 Å². The Bertz CT molecular complexity index is 703. The first-order chi connectivity index (χ1) is 11.0. The lowest BCUT2D eigenvalue weighted by Crippen LogP contribution is -2.43. The summed E-state index contributed by atoms with van der Waals surface area (Å²) < 4.78 is 11.7. The molecule has 1 spiro atoms. The molecule has 0 aromatic heterocycles. The molecule has 23 heavy (non-hydrogen) atoms. The molecule has 3 aliphatic rings. The van der Waals surface area contributed by atoms with Crippen molar-refractivity contribution in [2.75, 3.05) is 13.7 Å². The fourth-order valence-corrected chi connectivity index (χ4v) is 4.14. The zero-order valence-electron chi connectivity index (χ0n) is 13.1. The van der Waals surface area contributed by atoms with Crippen molar-refractivity contribution in [2.24, 2.45) is 5.73 Å². The lowest BCUT2D eigenvalue weighted by molar-refractivity contribution is 0.0832. The van der Waals surface area contributed by atoms with Crippen LogP contribution in [0.3, 0.4) is 0 Å². The average Bonchev–Trinajstić information content (AvgIpc) is 2.75. The summed E-state index contributed by atoms with van der Waals surface area (Å²) in [5.74, 6) is 1.58. The lowest BCUT2D eigenvalue weighted by atomic mass is 9.69. The summed E-state index contributed by atoms with van der Waals surface area (Å²) in [4.78, 5) is 1.88. The summed E-state index contributed by atoms with van der Waals surface area (Å²) in [5, 5.41) is 17.8. The number of nitrogens with two attached hydrogens (primary N) is 1. The monoisotopic (exact) mass is 315 g/mol. The number of benzene rings is 1. The van der Waals surface area contributed by atoms with Crippen LogP contribution in [0.4, 0.5) is 0 Å². The highest BCUT2D eigenvalue weighted by molar-refractivity contribution is 5.75. The normalized spacial score (nSPS) is 31.0. The van der Waals surface area contributed by atoms with Crippen molar-refractivity contribution >= 4 is 5.96 Å². The van der Waals surface area contributed by atoms with Crippen molar-refractivity contribution in [1.29, 1.82) is 5.41 Å². The van der Waals surface area contributed by atoms with Gasteiger partial charge in [0.15, 0.2) is 17.5 Å². The van der Waals surface area contributed by atoms with Crippen molar-refractivity contribution in [3.8, 4) is 11.5 Å². The summed E-state index contributed by atoms with van der Waals surface area (Å²) >= 11 is 0. The third-order valence-corrected chi connectivity index (χ3v) is 5.30. The van der Waals surface area contributed by atoms with Crippen LogP contribution in [0.5, 0.6) is 11.5 Å².